The SMILES string of the molecule is CCCc1ccc(C2CCC(C3CCC(c4ccc(C)c(F)c4F)CO3)CC2)cc1. The molecule has 0 aromatic heterocycles. The van der Waals surface area contributed by atoms with E-state index in [0.29, 0.717) is 29.6 Å². The normalized spacial score (nSPS) is 27.2. The van der Waals surface area contributed by atoms with Crippen molar-refractivity contribution in [2.75, 3.05) is 6.61 Å². The summed E-state index contributed by atoms with van der Waals surface area (Å²) in [7, 11) is 0. The molecular weight excluding hydrogens is 378 g/mol. The van der Waals surface area contributed by atoms with Crippen molar-refractivity contribution in [2.45, 2.75) is 83.2 Å². The monoisotopic (exact) mass is 412 g/mol. The molecule has 2 aromatic carbocycles. The smallest absolute Gasteiger partial charge is 0.162 e. The first-order valence-corrected chi connectivity index (χ1v) is 11.7. The van der Waals surface area contributed by atoms with Gasteiger partial charge in [0, 0.05) is 5.92 Å². The van der Waals surface area contributed by atoms with Gasteiger partial charge in [-0.05, 0) is 86.0 Å². The van der Waals surface area contributed by atoms with Crippen LogP contribution in [0, 0.1) is 24.5 Å². The maximum atomic E-state index is 14.3. The van der Waals surface area contributed by atoms with Gasteiger partial charge in [-0.3, -0.25) is 0 Å². The van der Waals surface area contributed by atoms with Crippen molar-refractivity contribution in [3.63, 3.8) is 0 Å². The maximum absolute atomic E-state index is 14.3. The van der Waals surface area contributed by atoms with Crippen LogP contribution in [0.3, 0.4) is 0 Å². The molecule has 0 N–H and O–H groups in total. The Morgan fingerprint density at radius 3 is 2.17 bits per heavy atom. The van der Waals surface area contributed by atoms with Crippen LogP contribution in [0.4, 0.5) is 8.78 Å². The van der Waals surface area contributed by atoms with Crippen molar-refractivity contribution in [3.8, 4) is 0 Å². The highest BCUT2D eigenvalue weighted by atomic mass is 19.2. The first kappa shape index (κ1) is 21.5. The van der Waals surface area contributed by atoms with Crippen molar-refractivity contribution in [1.29, 1.82) is 0 Å². The van der Waals surface area contributed by atoms with Gasteiger partial charge in [0.15, 0.2) is 11.6 Å². The van der Waals surface area contributed by atoms with E-state index < -0.39 is 11.6 Å². The maximum Gasteiger partial charge on any atom is 0.162 e. The second-order valence-electron chi connectivity index (χ2n) is 9.35. The second kappa shape index (κ2) is 9.60. The van der Waals surface area contributed by atoms with Crippen LogP contribution in [0.25, 0.3) is 0 Å². The average Bonchev–Trinajstić information content (AvgIpc) is 2.79. The third-order valence-electron chi connectivity index (χ3n) is 7.34. The Hall–Kier alpha value is -1.74. The number of hydrogen-bond donors (Lipinski definition) is 0. The van der Waals surface area contributed by atoms with Crippen molar-refractivity contribution in [1.82, 2.24) is 0 Å². The fourth-order valence-electron chi connectivity index (χ4n) is 5.43. The van der Waals surface area contributed by atoms with E-state index in [0.717, 1.165) is 19.3 Å². The molecule has 30 heavy (non-hydrogen) atoms. The molecule has 4 rings (SSSR count). The molecule has 1 saturated carbocycles. The Balaban J connectivity index is 1.29. The van der Waals surface area contributed by atoms with Crippen LogP contribution in [0.5, 0.6) is 0 Å². The Labute approximate surface area is 179 Å². The van der Waals surface area contributed by atoms with Gasteiger partial charge in [0.05, 0.1) is 12.7 Å². The van der Waals surface area contributed by atoms with E-state index in [1.165, 1.54) is 43.2 Å². The van der Waals surface area contributed by atoms with Crippen LogP contribution < -0.4 is 0 Å². The minimum atomic E-state index is -0.712. The number of benzene rings is 2. The summed E-state index contributed by atoms with van der Waals surface area (Å²) >= 11 is 0. The van der Waals surface area contributed by atoms with E-state index in [-0.39, 0.29) is 12.0 Å². The molecule has 0 radical (unpaired) electrons. The summed E-state index contributed by atoms with van der Waals surface area (Å²) < 4.78 is 34.5. The lowest BCUT2D eigenvalue weighted by Gasteiger charge is -2.38. The van der Waals surface area contributed by atoms with Crippen LogP contribution in [0.15, 0.2) is 36.4 Å². The van der Waals surface area contributed by atoms with Gasteiger partial charge >= 0.3 is 0 Å². The van der Waals surface area contributed by atoms with Crippen molar-refractivity contribution < 1.29 is 13.5 Å². The standard InChI is InChI=1S/C27H34F2O/c1-3-4-19-6-8-20(9-7-19)21-10-12-22(13-11-21)25-16-14-23(17-30-25)24-15-5-18(2)26(28)27(24)29/h5-9,15,21-23,25H,3-4,10-14,16-17H2,1-2H3. The second-order valence-corrected chi connectivity index (χ2v) is 9.35. The van der Waals surface area contributed by atoms with Crippen LogP contribution in [-0.2, 0) is 11.2 Å². The van der Waals surface area contributed by atoms with Gasteiger partial charge in [-0.2, -0.15) is 0 Å². The molecule has 1 aliphatic carbocycles. The fourth-order valence-corrected chi connectivity index (χ4v) is 5.43. The molecule has 1 aliphatic heterocycles. The average molecular weight is 413 g/mol. The van der Waals surface area contributed by atoms with Gasteiger partial charge in [0.1, 0.15) is 0 Å². The lowest BCUT2D eigenvalue weighted by molar-refractivity contribution is -0.0416. The summed E-state index contributed by atoms with van der Waals surface area (Å²) in [5.41, 5.74) is 3.76. The van der Waals surface area contributed by atoms with Crippen molar-refractivity contribution in [3.05, 3.63) is 70.3 Å². The molecule has 0 spiro atoms. The predicted molar refractivity (Wildman–Crippen MR) is 118 cm³/mol. The lowest BCUT2D eigenvalue weighted by Crippen LogP contribution is -2.33. The van der Waals surface area contributed by atoms with Gasteiger partial charge in [-0.1, -0.05) is 49.7 Å². The van der Waals surface area contributed by atoms with Crippen molar-refractivity contribution in [2.24, 2.45) is 5.92 Å². The zero-order chi connectivity index (χ0) is 21.1. The Bertz CT molecular complexity index is 829. The zero-order valence-electron chi connectivity index (χ0n) is 18.3. The first-order chi connectivity index (χ1) is 14.6. The minimum absolute atomic E-state index is 0.0330. The van der Waals surface area contributed by atoms with E-state index in [4.69, 9.17) is 4.74 Å². The van der Waals surface area contributed by atoms with Gasteiger partial charge in [0.25, 0.3) is 0 Å². The van der Waals surface area contributed by atoms with Crippen LogP contribution in [0.2, 0.25) is 0 Å². The van der Waals surface area contributed by atoms with E-state index >= 15 is 0 Å². The highest BCUT2D eigenvalue weighted by molar-refractivity contribution is 5.29. The molecule has 0 bridgehead atoms. The van der Waals surface area contributed by atoms with Gasteiger partial charge in [-0.25, -0.2) is 8.78 Å². The van der Waals surface area contributed by atoms with Crippen LogP contribution in [0.1, 0.15) is 86.0 Å². The summed E-state index contributed by atoms with van der Waals surface area (Å²) in [6, 6.07) is 12.7. The molecule has 0 amide bonds. The van der Waals surface area contributed by atoms with E-state index in [1.807, 2.05) is 0 Å². The van der Waals surface area contributed by atoms with E-state index in [9.17, 15) is 8.78 Å². The number of ether oxygens (including phenoxy) is 1. The Morgan fingerprint density at radius 2 is 1.53 bits per heavy atom. The number of hydrogen-bond acceptors (Lipinski definition) is 1. The largest absolute Gasteiger partial charge is 0.377 e. The summed E-state index contributed by atoms with van der Waals surface area (Å²) in [5, 5.41) is 0. The molecule has 2 aliphatic rings. The molecule has 1 saturated heterocycles. The summed E-state index contributed by atoms with van der Waals surface area (Å²) in [5.74, 6) is -0.170. The third-order valence-corrected chi connectivity index (χ3v) is 7.34. The fraction of sp³-hybridized carbons (Fsp3) is 0.556. The quantitative estimate of drug-likeness (QED) is 0.495. The highest BCUT2D eigenvalue weighted by Crippen LogP contribution is 2.41. The predicted octanol–water partition coefficient (Wildman–Crippen LogP) is 7.46. The number of halogens is 2. The first-order valence-electron chi connectivity index (χ1n) is 11.7. The molecule has 2 atom stereocenters. The summed E-state index contributed by atoms with van der Waals surface area (Å²) in [6.07, 6.45) is 9.28. The van der Waals surface area contributed by atoms with E-state index in [2.05, 4.69) is 31.2 Å². The topological polar surface area (TPSA) is 9.23 Å². The summed E-state index contributed by atoms with van der Waals surface area (Å²) in [4.78, 5) is 0. The van der Waals surface area contributed by atoms with E-state index in [1.54, 1.807) is 19.1 Å². The molecule has 2 unspecified atom stereocenters. The zero-order valence-corrected chi connectivity index (χ0v) is 18.3. The van der Waals surface area contributed by atoms with Crippen LogP contribution in [-0.4, -0.2) is 12.7 Å². The number of aryl methyl sites for hydroxylation is 2. The third kappa shape index (κ3) is 4.61. The van der Waals surface area contributed by atoms with Crippen LogP contribution >= 0.6 is 0 Å². The van der Waals surface area contributed by atoms with Gasteiger partial charge in [-0.15, -0.1) is 0 Å². The molecule has 1 heterocycles. The summed E-state index contributed by atoms with van der Waals surface area (Å²) in [6.45, 7) is 4.33. The highest BCUT2D eigenvalue weighted by Gasteiger charge is 2.33. The number of rotatable bonds is 5. The Morgan fingerprint density at radius 1 is 0.833 bits per heavy atom. The van der Waals surface area contributed by atoms with Crippen molar-refractivity contribution >= 4 is 0 Å². The molecule has 2 aromatic rings. The molecule has 162 valence electrons. The lowest BCUT2D eigenvalue weighted by atomic mass is 9.74. The van der Waals surface area contributed by atoms with Gasteiger partial charge in [0.2, 0.25) is 0 Å². The Kier molecular flexibility index (Phi) is 6.87. The molecule has 2 fully saturated rings. The molecular formula is C27H34F2O. The minimum Gasteiger partial charge on any atom is -0.377 e. The molecule has 1 nitrogen and oxygen atoms in total. The molecule has 3 heteroatoms. The van der Waals surface area contributed by atoms with Gasteiger partial charge < -0.3 is 4.74 Å².